The Morgan fingerprint density at radius 1 is 1.08 bits per heavy atom. The van der Waals surface area contributed by atoms with E-state index in [-0.39, 0.29) is 18.2 Å². The fraction of sp³-hybridized carbons (Fsp3) is 0.368. The van der Waals surface area contributed by atoms with Gasteiger partial charge in [-0.2, -0.15) is 0 Å². The topological polar surface area (TPSA) is 83.6 Å². The fourth-order valence-electron chi connectivity index (χ4n) is 2.84. The normalized spacial score (nSPS) is 14.5. The Balaban J connectivity index is 2.25. The molecule has 0 bridgehead atoms. The fourth-order valence-corrected chi connectivity index (χ4v) is 2.84. The van der Waals surface area contributed by atoms with E-state index in [0.29, 0.717) is 30.8 Å². The highest BCUT2D eigenvalue weighted by molar-refractivity contribution is 6.19. The number of nitrogens with zero attached hydrogens (tertiary/aromatic N) is 1. The second kappa shape index (κ2) is 7.45. The van der Waals surface area contributed by atoms with Crippen LogP contribution in [-0.2, 0) is 16.0 Å². The van der Waals surface area contributed by atoms with Crippen LogP contribution in [0.15, 0.2) is 35.6 Å². The van der Waals surface area contributed by atoms with E-state index < -0.39 is 0 Å². The highest BCUT2D eigenvalue weighted by Crippen LogP contribution is 2.23. The molecule has 0 fully saturated rings. The van der Waals surface area contributed by atoms with Crippen LogP contribution in [0.2, 0.25) is 0 Å². The summed E-state index contributed by atoms with van der Waals surface area (Å²) in [5.74, 6) is -0.348. The van der Waals surface area contributed by atoms with Gasteiger partial charge in [0, 0.05) is 36.8 Å². The van der Waals surface area contributed by atoms with Gasteiger partial charge in [-0.25, -0.2) is 0 Å². The number of nitrogen functional groups attached to an aromatic ring is 1. The number of aryl methyl sites for hydroxylation is 2. The monoisotopic (exact) mass is 328 g/mol. The summed E-state index contributed by atoms with van der Waals surface area (Å²) in [7, 11) is 0. The molecule has 1 aromatic rings. The number of carbonyl (C=O) groups is 2. The minimum absolute atomic E-state index is 0.0624. The number of carbonyl (C=O) groups excluding carboxylic acids is 2. The molecular formula is C19H24N2O3. The van der Waals surface area contributed by atoms with E-state index in [9.17, 15) is 9.59 Å². The summed E-state index contributed by atoms with van der Waals surface area (Å²) in [6.45, 7) is 6.58. The molecule has 3 N–H and O–H groups in total. The smallest absolute Gasteiger partial charge is 0.202 e. The van der Waals surface area contributed by atoms with Crippen LogP contribution < -0.4 is 5.73 Å². The minimum Gasteiger partial charge on any atom is -0.399 e. The molecule has 0 aliphatic heterocycles. The maximum Gasteiger partial charge on any atom is 0.202 e. The molecule has 0 saturated heterocycles. The number of benzene rings is 1. The van der Waals surface area contributed by atoms with E-state index in [1.54, 1.807) is 4.90 Å². The van der Waals surface area contributed by atoms with Gasteiger partial charge < -0.3 is 15.7 Å². The van der Waals surface area contributed by atoms with Crippen molar-refractivity contribution in [2.75, 3.05) is 25.4 Å². The predicted molar refractivity (Wildman–Crippen MR) is 94.5 cm³/mol. The van der Waals surface area contributed by atoms with Crippen LogP contribution in [0.4, 0.5) is 5.69 Å². The molecule has 5 heteroatoms. The SMILES string of the molecule is CCN(CCO)C1=CC(=O)C(Cc2cc(C)c(N)cc2C)=CC1=O. The first-order valence-electron chi connectivity index (χ1n) is 8.09. The molecule has 0 heterocycles. The summed E-state index contributed by atoms with van der Waals surface area (Å²) in [5.41, 5.74) is 10.4. The highest BCUT2D eigenvalue weighted by Gasteiger charge is 2.24. The number of aliphatic hydroxyl groups is 1. The van der Waals surface area contributed by atoms with Crippen molar-refractivity contribution < 1.29 is 14.7 Å². The Bertz CT molecular complexity index is 732. The second-order valence-corrected chi connectivity index (χ2v) is 6.04. The Labute approximate surface area is 142 Å². The molecule has 1 aromatic carbocycles. The second-order valence-electron chi connectivity index (χ2n) is 6.04. The van der Waals surface area contributed by atoms with Crippen molar-refractivity contribution in [1.29, 1.82) is 0 Å². The lowest BCUT2D eigenvalue weighted by molar-refractivity contribution is -0.116. The Morgan fingerprint density at radius 2 is 1.79 bits per heavy atom. The Kier molecular flexibility index (Phi) is 5.57. The predicted octanol–water partition coefficient (Wildman–Crippen LogP) is 1.70. The van der Waals surface area contributed by atoms with E-state index in [0.717, 1.165) is 22.4 Å². The highest BCUT2D eigenvalue weighted by atomic mass is 16.3. The summed E-state index contributed by atoms with van der Waals surface area (Å²) >= 11 is 0. The largest absolute Gasteiger partial charge is 0.399 e. The van der Waals surface area contributed by atoms with Crippen LogP contribution in [0, 0.1) is 13.8 Å². The number of hydrogen-bond acceptors (Lipinski definition) is 5. The maximum atomic E-state index is 12.4. The summed E-state index contributed by atoms with van der Waals surface area (Å²) in [6.07, 6.45) is 3.21. The van der Waals surface area contributed by atoms with Crippen molar-refractivity contribution in [3.8, 4) is 0 Å². The molecule has 5 nitrogen and oxygen atoms in total. The van der Waals surface area contributed by atoms with Crippen molar-refractivity contribution in [3.63, 3.8) is 0 Å². The number of anilines is 1. The van der Waals surface area contributed by atoms with Crippen molar-refractivity contribution in [2.45, 2.75) is 27.2 Å². The van der Waals surface area contributed by atoms with Gasteiger partial charge in [0.2, 0.25) is 5.78 Å². The summed E-state index contributed by atoms with van der Waals surface area (Å²) in [5, 5.41) is 9.09. The van der Waals surface area contributed by atoms with Gasteiger partial charge in [0.05, 0.1) is 12.3 Å². The van der Waals surface area contributed by atoms with Crippen molar-refractivity contribution in [1.82, 2.24) is 4.90 Å². The molecule has 0 radical (unpaired) electrons. The van der Waals surface area contributed by atoms with Crippen LogP contribution in [0.25, 0.3) is 0 Å². The molecule has 0 spiro atoms. The molecule has 0 aromatic heterocycles. The lowest BCUT2D eigenvalue weighted by Crippen LogP contribution is -2.32. The first-order chi connectivity index (χ1) is 11.4. The lowest BCUT2D eigenvalue weighted by atomic mass is 9.91. The van der Waals surface area contributed by atoms with Gasteiger partial charge in [0.25, 0.3) is 0 Å². The average molecular weight is 328 g/mol. The lowest BCUT2D eigenvalue weighted by Gasteiger charge is -2.25. The molecule has 0 saturated carbocycles. The number of rotatable bonds is 6. The van der Waals surface area contributed by atoms with Crippen LogP contribution in [0.3, 0.4) is 0 Å². The minimum atomic E-state index is -0.190. The van der Waals surface area contributed by atoms with E-state index in [4.69, 9.17) is 10.8 Å². The number of allylic oxidation sites excluding steroid dienone is 3. The van der Waals surface area contributed by atoms with Crippen LogP contribution in [0.5, 0.6) is 0 Å². The third-order valence-corrected chi connectivity index (χ3v) is 4.34. The number of likely N-dealkylation sites (N-methyl/N-ethyl adjacent to an activating group) is 1. The number of ketones is 2. The quantitative estimate of drug-likeness (QED) is 0.613. The van der Waals surface area contributed by atoms with E-state index in [2.05, 4.69) is 0 Å². The molecule has 128 valence electrons. The van der Waals surface area contributed by atoms with Gasteiger partial charge in [-0.05, 0) is 49.6 Å². The van der Waals surface area contributed by atoms with Crippen LogP contribution in [0.1, 0.15) is 23.6 Å². The molecule has 24 heavy (non-hydrogen) atoms. The zero-order valence-electron chi connectivity index (χ0n) is 14.4. The van der Waals surface area contributed by atoms with Gasteiger partial charge in [-0.3, -0.25) is 9.59 Å². The van der Waals surface area contributed by atoms with E-state index in [1.165, 1.54) is 12.2 Å². The van der Waals surface area contributed by atoms with Gasteiger partial charge >= 0.3 is 0 Å². The molecule has 1 aliphatic carbocycles. The first-order valence-corrected chi connectivity index (χ1v) is 8.09. The zero-order chi connectivity index (χ0) is 17.9. The molecule has 0 atom stereocenters. The third kappa shape index (κ3) is 3.74. The third-order valence-electron chi connectivity index (χ3n) is 4.34. The molecule has 0 amide bonds. The maximum absolute atomic E-state index is 12.4. The molecule has 1 aliphatic rings. The zero-order valence-corrected chi connectivity index (χ0v) is 14.4. The van der Waals surface area contributed by atoms with E-state index in [1.807, 2.05) is 32.9 Å². The summed E-state index contributed by atoms with van der Waals surface area (Å²) < 4.78 is 0. The first kappa shape index (κ1) is 17.9. The Hall–Kier alpha value is -2.40. The standard InChI is InChI=1S/C19H24N2O3/c1-4-21(5-6-22)17-11-18(23)15(10-19(17)24)9-14-7-13(3)16(20)8-12(14)2/h7-8,10-11,22H,4-6,9,20H2,1-3H3. The average Bonchev–Trinajstić information content (AvgIpc) is 2.53. The number of nitrogens with two attached hydrogens (primary N) is 1. The van der Waals surface area contributed by atoms with Crippen LogP contribution >= 0.6 is 0 Å². The number of hydrogen-bond donors (Lipinski definition) is 2. The Morgan fingerprint density at radius 3 is 2.42 bits per heavy atom. The number of aliphatic hydroxyl groups excluding tert-OH is 1. The molecule has 2 rings (SSSR count). The molecular weight excluding hydrogens is 304 g/mol. The van der Waals surface area contributed by atoms with Gasteiger partial charge in [0.1, 0.15) is 0 Å². The molecule has 0 unspecified atom stereocenters. The van der Waals surface area contributed by atoms with Crippen LogP contribution in [-0.4, -0.2) is 41.3 Å². The van der Waals surface area contributed by atoms with E-state index >= 15 is 0 Å². The van der Waals surface area contributed by atoms with Gasteiger partial charge in [0.15, 0.2) is 5.78 Å². The van der Waals surface area contributed by atoms with Crippen molar-refractivity contribution >= 4 is 17.3 Å². The summed E-state index contributed by atoms with van der Waals surface area (Å²) in [6, 6.07) is 3.86. The summed E-state index contributed by atoms with van der Waals surface area (Å²) in [4.78, 5) is 26.5. The van der Waals surface area contributed by atoms with Gasteiger partial charge in [-0.15, -0.1) is 0 Å². The van der Waals surface area contributed by atoms with Crippen molar-refractivity contribution in [3.05, 3.63) is 52.2 Å². The van der Waals surface area contributed by atoms with Gasteiger partial charge in [-0.1, -0.05) is 6.07 Å². The van der Waals surface area contributed by atoms with Crippen molar-refractivity contribution in [2.24, 2.45) is 0 Å².